The lowest BCUT2D eigenvalue weighted by Gasteiger charge is -2.23. The summed E-state index contributed by atoms with van der Waals surface area (Å²) in [5, 5.41) is 3.31. The van der Waals surface area contributed by atoms with Gasteiger partial charge in [0.1, 0.15) is 16.5 Å². The third-order valence-electron chi connectivity index (χ3n) is 5.28. The fourth-order valence-electron chi connectivity index (χ4n) is 3.63. The molecule has 1 atom stereocenters. The van der Waals surface area contributed by atoms with Crippen LogP contribution < -0.4 is 5.32 Å². The van der Waals surface area contributed by atoms with E-state index < -0.39 is 11.6 Å². The third-order valence-corrected chi connectivity index (χ3v) is 5.63. The fourth-order valence-corrected chi connectivity index (χ4v) is 3.78. The number of urea groups is 1. The van der Waals surface area contributed by atoms with Gasteiger partial charge in [-0.3, -0.25) is 9.69 Å². The van der Waals surface area contributed by atoms with Crippen molar-refractivity contribution < 1.29 is 9.59 Å². The van der Waals surface area contributed by atoms with Crippen LogP contribution in [0.3, 0.4) is 0 Å². The van der Waals surface area contributed by atoms with Gasteiger partial charge in [0, 0.05) is 7.05 Å². The van der Waals surface area contributed by atoms with Crippen molar-refractivity contribution in [2.24, 2.45) is 7.05 Å². The van der Waals surface area contributed by atoms with Crippen molar-refractivity contribution >= 4 is 23.5 Å². The normalized spacial score (nSPS) is 22.4. The van der Waals surface area contributed by atoms with E-state index in [9.17, 15) is 9.59 Å². The summed E-state index contributed by atoms with van der Waals surface area (Å²) in [6, 6.07) is 5.67. The predicted molar refractivity (Wildman–Crippen MR) is 93.1 cm³/mol. The molecule has 2 aliphatic rings. The van der Waals surface area contributed by atoms with E-state index in [2.05, 4.69) is 22.4 Å². The summed E-state index contributed by atoms with van der Waals surface area (Å²) in [6.07, 6.45) is 4.76. The number of aryl methyl sites for hydroxylation is 2. The minimum atomic E-state index is -1.05. The van der Waals surface area contributed by atoms with E-state index in [0.717, 1.165) is 24.8 Å². The summed E-state index contributed by atoms with van der Waals surface area (Å²) in [7, 11) is 1.75. The molecule has 2 heterocycles. The number of carbonyl (C=O) groups is 2. The molecule has 1 fully saturated rings. The van der Waals surface area contributed by atoms with Gasteiger partial charge in [0.2, 0.25) is 0 Å². The van der Waals surface area contributed by atoms with Gasteiger partial charge in [0.25, 0.3) is 5.91 Å². The highest BCUT2D eigenvalue weighted by Crippen LogP contribution is 2.33. The zero-order valence-corrected chi connectivity index (χ0v) is 14.9. The molecule has 2 aromatic rings. The van der Waals surface area contributed by atoms with E-state index in [4.69, 9.17) is 11.6 Å². The van der Waals surface area contributed by atoms with Gasteiger partial charge in [-0.05, 0) is 42.9 Å². The molecule has 1 unspecified atom stereocenters. The zero-order chi connectivity index (χ0) is 17.8. The van der Waals surface area contributed by atoms with Gasteiger partial charge >= 0.3 is 6.03 Å². The van der Waals surface area contributed by atoms with Crippen molar-refractivity contribution in [1.82, 2.24) is 19.8 Å². The molecule has 0 saturated carbocycles. The molecule has 1 aromatic carbocycles. The number of carbonyl (C=O) groups excluding carboxylic acids is 2. The Bertz CT molecular complexity index is 891. The number of halogens is 1. The highest BCUT2D eigenvalue weighted by atomic mass is 35.5. The average Bonchev–Trinajstić information content (AvgIpc) is 3.24. The van der Waals surface area contributed by atoms with Crippen molar-refractivity contribution in [2.45, 2.75) is 38.3 Å². The summed E-state index contributed by atoms with van der Waals surface area (Å²) in [6.45, 7) is 1.85. The van der Waals surface area contributed by atoms with Crippen LogP contribution in [0.25, 0.3) is 0 Å². The van der Waals surface area contributed by atoms with Crippen LogP contribution in [0.15, 0.2) is 24.4 Å². The number of nitrogens with one attached hydrogen (secondary N) is 1. The fraction of sp³-hybridized carbons (Fsp3) is 0.389. The van der Waals surface area contributed by atoms with Crippen LogP contribution >= 0.6 is 11.6 Å². The largest absolute Gasteiger partial charge is 0.325 e. The van der Waals surface area contributed by atoms with Crippen molar-refractivity contribution in [2.75, 3.05) is 0 Å². The summed E-state index contributed by atoms with van der Waals surface area (Å²) in [4.78, 5) is 30.9. The Hall–Kier alpha value is -2.34. The maximum Gasteiger partial charge on any atom is 0.325 e. The number of rotatable bonds is 3. The number of amides is 3. The van der Waals surface area contributed by atoms with Crippen LogP contribution in [0, 0.1) is 0 Å². The zero-order valence-electron chi connectivity index (χ0n) is 14.2. The van der Waals surface area contributed by atoms with Crippen molar-refractivity contribution in [3.8, 4) is 0 Å². The second kappa shape index (κ2) is 5.59. The van der Waals surface area contributed by atoms with Crippen LogP contribution in [0.5, 0.6) is 0 Å². The SMILES string of the molecule is Cn1c(Cl)cnc1CN1C(=O)NC(C)(c2ccc3c(c2)CCC3)C1=O. The van der Waals surface area contributed by atoms with Gasteiger partial charge < -0.3 is 9.88 Å². The van der Waals surface area contributed by atoms with E-state index in [1.807, 2.05) is 6.07 Å². The molecule has 6 nitrogen and oxygen atoms in total. The molecule has 1 saturated heterocycles. The number of benzene rings is 1. The third kappa shape index (κ3) is 2.43. The number of aromatic nitrogens is 2. The van der Waals surface area contributed by atoms with Crippen LogP contribution in [0.1, 0.15) is 35.9 Å². The molecule has 3 amide bonds. The first-order valence-corrected chi connectivity index (χ1v) is 8.70. The summed E-state index contributed by atoms with van der Waals surface area (Å²) >= 11 is 5.99. The van der Waals surface area contributed by atoms with Crippen LogP contribution in [0.2, 0.25) is 5.15 Å². The van der Waals surface area contributed by atoms with Crippen LogP contribution in [-0.4, -0.2) is 26.4 Å². The van der Waals surface area contributed by atoms with E-state index >= 15 is 0 Å². The lowest BCUT2D eigenvalue weighted by Crippen LogP contribution is -2.41. The molecule has 7 heteroatoms. The van der Waals surface area contributed by atoms with Crippen molar-refractivity contribution in [3.63, 3.8) is 0 Å². The minimum Gasteiger partial charge on any atom is -0.321 e. The quantitative estimate of drug-likeness (QED) is 0.857. The Morgan fingerprint density at radius 1 is 1.28 bits per heavy atom. The Balaban J connectivity index is 1.65. The summed E-state index contributed by atoms with van der Waals surface area (Å²) in [5.41, 5.74) is 2.38. The Kier molecular flexibility index (Phi) is 3.61. The highest BCUT2D eigenvalue weighted by molar-refractivity contribution is 6.29. The molecule has 0 bridgehead atoms. The Morgan fingerprint density at radius 3 is 2.76 bits per heavy atom. The molecule has 1 aliphatic carbocycles. The lowest BCUT2D eigenvalue weighted by atomic mass is 9.89. The smallest absolute Gasteiger partial charge is 0.321 e. The van der Waals surface area contributed by atoms with Gasteiger partial charge in [-0.15, -0.1) is 0 Å². The summed E-state index contributed by atoms with van der Waals surface area (Å²) < 4.78 is 1.66. The van der Waals surface area contributed by atoms with Crippen molar-refractivity contribution in [3.05, 3.63) is 52.1 Å². The molecule has 0 radical (unpaired) electrons. The molecule has 0 spiro atoms. The molecular formula is C18H19ClN4O2. The van der Waals surface area contributed by atoms with E-state index in [1.165, 1.54) is 22.2 Å². The number of imide groups is 1. The molecule has 25 heavy (non-hydrogen) atoms. The van der Waals surface area contributed by atoms with E-state index in [-0.39, 0.29) is 12.5 Å². The number of fused-ring (bicyclic) bond motifs is 1. The molecule has 1 aliphatic heterocycles. The summed E-state index contributed by atoms with van der Waals surface area (Å²) in [5.74, 6) is 0.293. The van der Waals surface area contributed by atoms with Gasteiger partial charge in [-0.1, -0.05) is 29.8 Å². The number of nitrogens with zero attached hydrogens (tertiary/aromatic N) is 3. The average molecular weight is 359 g/mol. The van der Waals surface area contributed by atoms with Gasteiger partial charge in [-0.25, -0.2) is 9.78 Å². The molecule has 130 valence electrons. The second-order valence-corrected chi connectivity index (χ2v) is 7.23. The number of hydrogen-bond acceptors (Lipinski definition) is 3. The minimum absolute atomic E-state index is 0.0917. The van der Waals surface area contributed by atoms with E-state index in [1.54, 1.807) is 18.5 Å². The van der Waals surface area contributed by atoms with E-state index in [0.29, 0.717) is 11.0 Å². The van der Waals surface area contributed by atoms with Crippen molar-refractivity contribution in [1.29, 1.82) is 0 Å². The standard InChI is InChI=1S/C18H19ClN4O2/c1-18(13-7-6-11-4-3-5-12(11)8-13)16(24)23(17(25)21-18)10-15-20-9-14(19)22(15)2/h6-9H,3-5,10H2,1-2H3,(H,21,25). The maximum atomic E-state index is 13.0. The topological polar surface area (TPSA) is 67.2 Å². The van der Waals surface area contributed by atoms with Gasteiger partial charge in [0.15, 0.2) is 0 Å². The number of imidazole rings is 1. The van der Waals surface area contributed by atoms with Crippen LogP contribution in [0.4, 0.5) is 4.79 Å². The monoisotopic (exact) mass is 358 g/mol. The van der Waals surface area contributed by atoms with Gasteiger partial charge in [-0.2, -0.15) is 0 Å². The first-order chi connectivity index (χ1) is 11.9. The predicted octanol–water partition coefficient (Wildman–Crippen LogP) is 2.53. The first kappa shape index (κ1) is 16.1. The molecular weight excluding hydrogens is 340 g/mol. The Morgan fingerprint density at radius 2 is 2.04 bits per heavy atom. The van der Waals surface area contributed by atoms with Gasteiger partial charge in [0.05, 0.1) is 12.7 Å². The number of hydrogen-bond donors (Lipinski definition) is 1. The molecule has 1 N–H and O–H groups in total. The Labute approximate surface area is 150 Å². The highest BCUT2D eigenvalue weighted by Gasteiger charge is 2.49. The molecule has 4 rings (SSSR count). The van der Waals surface area contributed by atoms with Crippen LogP contribution in [-0.2, 0) is 36.8 Å². The lowest BCUT2D eigenvalue weighted by molar-refractivity contribution is -0.131. The molecule has 1 aromatic heterocycles. The second-order valence-electron chi connectivity index (χ2n) is 6.84. The first-order valence-electron chi connectivity index (χ1n) is 8.32. The maximum absolute atomic E-state index is 13.0.